The van der Waals surface area contributed by atoms with Gasteiger partial charge in [-0.25, -0.2) is 4.98 Å². The van der Waals surface area contributed by atoms with Crippen LogP contribution in [0.5, 0.6) is 5.75 Å². The quantitative estimate of drug-likeness (QED) is 0.925. The van der Waals surface area contributed by atoms with Gasteiger partial charge < -0.3 is 10.5 Å². The second kappa shape index (κ2) is 5.78. The van der Waals surface area contributed by atoms with E-state index in [1.54, 1.807) is 18.4 Å². The molecule has 2 aromatic rings. The molecule has 0 saturated heterocycles. The van der Waals surface area contributed by atoms with Crippen LogP contribution < -0.4 is 10.5 Å². The van der Waals surface area contributed by atoms with Crippen LogP contribution in [0.4, 0.5) is 0 Å². The zero-order valence-electron chi connectivity index (χ0n) is 12.6. The van der Waals surface area contributed by atoms with Gasteiger partial charge in [0.15, 0.2) is 0 Å². The van der Waals surface area contributed by atoms with Crippen molar-refractivity contribution in [2.45, 2.75) is 38.1 Å². The SMILES string of the molecule is COc1ccccc1-c1csc(C2(N)CCCC(C)C2)n1. The number of benzene rings is 1. The molecule has 2 unspecified atom stereocenters. The first kappa shape index (κ1) is 14.5. The highest BCUT2D eigenvalue weighted by Gasteiger charge is 2.35. The molecule has 1 heterocycles. The molecule has 4 heteroatoms. The summed E-state index contributed by atoms with van der Waals surface area (Å²) in [6, 6.07) is 8.00. The normalized spacial score (nSPS) is 25.8. The Bertz CT molecular complexity index is 625. The smallest absolute Gasteiger partial charge is 0.128 e. The summed E-state index contributed by atoms with van der Waals surface area (Å²) >= 11 is 1.68. The topological polar surface area (TPSA) is 48.1 Å². The molecule has 1 aliphatic carbocycles. The van der Waals surface area contributed by atoms with Gasteiger partial charge >= 0.3 is 0 Å². The molecule has 0 spiro atoms. The third-order valence-electron chi connectivity index (χ3n) is 4.35. The van der Waals surface area contributed by atoms with Crippen molar-refractivity contribution in [3.63, 3.8) is 0 Å². The summed E-state index contributed by atoms with van der Waals surface area (Å²) in [5.41, 5.74) is 8.41. The molecule has 3 nitrogen and oxygen atoms in total. The summed E-state index contributed by atoms with van der Waals surface area (Å²) in [5, 5.41) is 3.16. The average molecular weight is 302 g/mol. The van der Waals surface area contributed by atoms with Crippen molar-refractivity contribution in [2.24, 2.45) is 11.7 Å². The van der Waals surface area contributed by atoms with Gasteiger partial charge in [0.05, 0.1) is 18.3 Å². The number of nitrogens with two attached hydrogens (primary N) is 1. The summed E-state index contributed by atoms with van der Waals surface area (Å²) < 4.78 is 5.43. The lowest BCUT2D eigenvalue weighted by Gasteiger charge is -2.35. The molecule has 1 fully saturated rings. The number of aromatic nitrogens is 1. The minimum atomic E-state index is -0.247. The van der Waals surface area contributed by atoms with Crippen LogP contribution in [0.1, 0.15) is 37.6 Å². The average Bonchev–Trinajstić information content (AvgIpc) is 2.97. The lowest BCUT2D eigenvalue weighted by molar-refractivity contribution is 0.238. The molecule has 1 aromatic heterocycles. The Morgan fingerprint density at radius 1 is 1.38 bits per heavy atom. The third-order valence-corrected chi connectivity index (χ3v) is 5.41. The van der Waals surface area contributed by atoms with Crippen molar-refractivity contribution in [1.82, 2.24) is 4.98 Å². The second-order valence-corrected chi connectivity index (χ2v) is 6.95. The van der Waals surface area contributed by atoms with Crippen molar-refractivity contribution in [2.75, 3.05) is 7.11 Å². The van der Waals surface area contributed by atoms with Crippen LogP contribution in [0, 0.1) is 5.92 Å². The highest BCUT2D eigenvalue weighted by molar-refractivity contribution is 7.10. The van der Waals surface area contributed by atoms with Crippen molar-refractivity contribution in [3.05, 3.63) is 34.7 Å². The summed E-state index contributed by atoms with van der Waals surface area (Å²) in [4.78, 5) is 4.83. The predicted molar refractivity (Wildman–Crippen MR) is 87.6 cm³/mol. The van der Waals surface area contributed by atoms with Crippen molar-refractivity contribution >= 4 is 11.3 Å². The molecule has 2 N–H and O–H groups in total. The summed E-state index contributed by atoms with van der Waals surface area (Å²) in [5.74, 6) is 1.54. The highest BCUT2D eigenvalue weighted by Crippen LogP contribution is 2.40. The molecule has 0 radical (unpaired) electrons. The molecule has 1 aliphatic rings. The van der Waals surface area contributed by atoms with E-state index >= 15 is 0 Å². The van der Waals surface area contributed by atoms with Gasteiger partial charge in [-0.05, 0) is 30.9 Å². The monoisotopic (exact) mass is 302 g/mol. The number of thiazole rings is 1. The minimum absolute atomic E-state index is 0.247. The van der Waals surface area contributed by atoms with Gasteiger partial charge in [-0.3, -0.25) is 0 Å². The van der Waals surface area contributed by atoms with E-state index in [1.807, 2.05) is 24.3 Å². The summed E-state index contributed by atoms with van der Waals surface area (Å²) in [7, 11) is 1.69. The number of ether oxygens (including phenoxy) is 1. The molecule has 0 aliphatic heterocycles. The van der Waals surface area contributed by atoms with Crippen LogP contribution in [0.2, 0.25) is 0 Å². The maximum absolute atomic E-state index is 6.65. The Labute approximate surface area is 130 Å². The fourth-order valence-corrected chi connectivity index (χ4v) is 4.24. The van der Waals surface area contributed by atoms with Crippen LogP contribution in [-0.2, 0) is 5.54 Å². The Hall–Kier alpha value is -1.39. The van der Waals surface area contributed by atoms with Crippen molar-refractivity contribution in [1.29, 1.82) is 0 Å². The van der Waals surface area contributed by atoms with E-state index < -0.39 is 0 Å². The number of hydrogen-bond donors (Lipinski definition) is 1. The standard InChI is InChI=1S/C17H22N2OS/c1-12-6-5-9-17(18,10-12)16-19-14(11-21-16)13-7-3-4-8-15(13)20-2/h3-4,7-8,11-12H,5-6,9-10,18H2,1-2H3. The summed E-state index contributed by atoms with van der Waals surface area (Å²) in [6.45, 7) is 2.29. The second-order valence-electron chi connectivity index (χ2n) is 6.10. The molecule has 112 valence electrons. The highest BCUT2D eigenvalue weighted by atomic mass is 32.1. The number of hydrogen-bond acceptors (Lipinski definition) is 4. The van der Waals surface area contributed by atoms with Crippen LogP contribution >= 0.6 is 11.3 Å². The largest absolute Gasteiger partial charge is 0.496 e. The van der Waals surface area contributed by atoms with Crippen LogP contribution in [-0.4, -0.2) is 12.1 Å². The zero-order chi connectivity index (χ0) is 14.9. The van der Waals surface area contributed by atoms with Crippen LogP contribution in [0.15, 0.2) is 29.6 Å². The molecular formula is C17H22N2OS. The molecule has 0 bridgehead atoms. The van der Waals surface area contributed by atoms with E-state index in [1.165, 1.54) is 12.8 Å². The summed E-state index contributed by atoms with van der Waals surface area (Å²) in [6.07, 6.45) is 4.55. The lowest BCUT2D eigenvalue weighted by Crippen LogP contribution is -2.40. The molecule has 2 atom stereocenters. The fraction of sp³-hybridized carbons (Fsp3) is 0.471. The van der Waals surface area contributed by atoms with Gasteiger partial charge in [0.1, 0.15) is 10.8 Å². The van der Waals surface area contributed by atoms with Crippen LogP contribution in [0.3, 0.4) is 0 Å². The molecule has 0 amide bonds. The molecule has 1 saturated carbocycles. The van der Waals surface area contributed by atoms with Gasteiger partial charge in [0.2, 0.25) is 0 Å². The molecule has 21 heavy (non-hydrogen) atoms. The Kier molecular flexibility index (Phi) is 4.00. The third kappa shape index (κ3) is 2.83. The minimum Gasteiger partial charge on any atom is -0.496 e. The Morgan fingerprint density at radius 3 is 2.95 bits per heavy atom. The van der Waals surface area contributed by atoms with Gasteiger partial charge in [-0.2, -0.15) is 0 Å². The van der Waals surface area contributed by atoms with E-state index in [9.17, 15) is 0 Å². The molecule has 1 aromatic carbocycles. The number of para-hydroxylation sites is 1. The van der Waals surface area contributed by atoms with E-state index in [-0.39, 0.29) is 5.54 Å². The van der Waals surface area contributed by atoms with Crippen LogP contribution in [0.25, 0.3) is 11.3 Å². The number of nitrogens with zero attached hydrogens (tertiary/aromatic N) is 1. The molecule has 3 rings (SSSR count). The van der Waals surface area contributed by atoms with Gasteiger partial charge in [-0.1, -0.05) is 31.9 Å². The van der Waals surface area contributed by atoms with E-state index in [2.05, 4.69) is 12.3 Å². The van der Waals surface area contributed by atoms with Crippen molar-refractivity contribution in [3.8, 4) is 17.0 Å². The van der Waals surface area contributed by atoms with Gasteiger partial charge in [-0.15, -0.1) is 11.3 Å². The first-order valence-corrected chi connectivity index (χ1v) is 8.38. The number of methoxy groups -OCH3 is 1. The van der Waals surface area contributed by atoms with E-state index in [0.717, 1.165) is 34.9 Å². The first-order chi connectivity index (χ1) is 10.1. The fourth-order valence-electron chi connectivity index (χ4n) is 3.27. The maximum atomic E-state index is 6.65. The molecular weight excluding hydrogens is 280 g/mol. The van der Waals surface area contributed by atoms with E-state index in [0.29, 0.717) is 5.92 Å². The predicted octanol–water partition coefficient (Wildman–Crippen LogP) is 4.18. The lowest BCUT2D eigenvalue weighted by atomic mass is 9.77. The van der Waals surface area contributed by atoms with E-state index in [4.69, 9.17) is 15.5 Å². The Morgan fingerprint density at radius 2 is 2.19 bits per heavy atom. The van der Waals surface area contributed by atoms with Crippen molar-refractivity contribution < 1.29 is 4.74 Å². The zero-order valence-corrected chi connectivity index (χ0v) is 13.5. The first-order valence-electron chi connectivity index (χ1n) is 7.51. The van der Waals surface area contributed by atoms with Gasteiger partial charge in [0.25, 0.3) is 0 Å². The number of rotatable bonds is 3. The van der Waals surface area contributed by atoms with Gasteiger partial charge in [0, 0.05) is 10.9 Å². The maximum Gasteiger partial charge on any atom is 0.128 e. The Balaban J connectivity index is 1.93.